The third-order valence-corrected chi connectivity index (χ3v) is 6.06. The maximum absolute atomic E-state index is 14.1. The maximum Gasteiger partial charge on any atom is 0.131 e. The first kappa shape index (κ1) is 21.0. The van der Waals surface area contributed by atoms with Gasteiger partial charge < -0.3 is 14.7 Å². The van der Waals surface area contributed by atoms with Crippen LogP contribution >= 0.6 is 0 Å². The molecule has 1 aromatic carbocycles. The maximum atomic E-state index is 14.1. The number of aromatic amines is 2. The number of rotatable bonds is 4. The van der Waals surface area contributed by atoms with E-state index in [1.807, 2.05) is 54.6 Å². The Morgan fingerprint density at radius 2 is 1.36 bits per heavy atom. The number of aromatic nitrogens is 4. The van der Waals surface area contributed by atoms with Crippen LogP contribution in [0, 0.1) is 11.6 Å². The van der Waals surface area contributed by atoms with Crippen molar-refractivity contribution in [1.82, 2.24) is 19.9 Å². The van der Waals surface area contributed by atoms with E-state index in [-0.39, 0.29) is 18.2 Å². The van der Waals surface area contributed by atoms with Crippen molar-refractivity contribution in [3.8, 4) is 0 Å². The Bertz CT molecular complexity index is 1730. The quantitative estimate of drug-likeness (QED) is 0.280. The number of ether oxygens (including phenoxy) is 1. The zero-order valence-corrected chi connectivity index (χ0v) is 19.3. The van der Waals surface area contributed by atoms with Gasteiger partial charge in [-0.2, -0.15) is 0 Å². The van der Waals surface area contributed by atoms with Gasteiger partial charge >= 0.3 is 0 Å². The van der Waals surface area contributed by atoms with Crippen LogP contribution in [0.1, 0.15) is 48.3 Å². The first-order valence-corrected chi connectivity index (χ1v) is 11.6. The molecular weight excluding hydrogens is 458 g/mol. The molecule has 178 valence electrons. The van der Waals surface area contributed by atoms with Crippen LogP contribution in [-0.2, 0) is 11.3 Å². The molecule has 36 heavy (non-hydrogen) atoms. The fourth-order valence-corrected chi connectivity index (χ4v) is 4.25. The molecule has 2 aliphatic rings. The second kappa shape index (κ2) is 9.02. The lowest BCUT2D eigenvalue weighted by atomic mass is 10.1. The van der Waals surface area contributed by atoms with Crippen molar-refractivity contribution in [3.05, 3.63) is 106 Å². The summed E-state index contributed by atoms with van der Waals surface area (Å²) in [6, 6.07) is 15.4. The van der Waals surface area contributed by atoms with Crippen LogP contribution in [0.5, 0.6) is 0 Å². The molecule has 6 rings (SSSR count). The van der Waals surface area contributed by atoms with Crippen LogP contribution in [0.25, 0.3) is 46.4 Å². The number of nitrogens with one attached hydrogen (secondary N) is 2. The second-order valence-electron chi connectivity index (χ2n) is 8.68. The lowest BCUT2D eigenvalue weighted by molar-refractivity contribution is 0.0500. The zero-order valence-electron chi connectivity index (χ0n) is 20.3. The fraction of sp³-hybridized carbons (Fsp3) is 0.103. The third kappa shape index (κ3) is 4.48. The highest BCUT2D eigenvalue weighted by Gasteiger charge is 2.15. The number of benzene rings is 1. The van der Waals surface area contributed by atoms with Crippen molar-refractivity contribution >= 4 is 46.4 Å². The van der Waals surface area contributed by atoms with Crippen molar-refractivity contribution < 1.29 is 14.9 Å². The van der Waals surface area contributed by atoms with Gasteiger partial charge in [0.15, 0.2) is 0 Å². The topological polar surface area (TPSA) is 66.6 Å². The average molecular weight is 482 g/mol. The highest BCUT2D eigenvalue weighted by Crippen LogP contribution is 2.27. The van der Waals surface area contributed by atoms with Gasteiger partial charge in [0.1, 0.15) is 11.6 Å². The minimum absolute atomic E-state index is 0.144. The summed E-state index contributed by atoms with van der Waals surface area (Å²) < 4.78 is 43.1. The summed E-state index contributed by atoms with van der Waals surface area (Å²) in [4.78, 5) is 16.0. The van der Waals surface area contributed by atoms with E-state index in [2.05, 4.69) is 19.9 Å². The molecule has 7 heteroatoms. The minimum Gasteiger partial charge on any atom is -0.369 e. The van der Waals surface area contributed by atoms with Crippen LogP contribution in [0.3, 0.4) is 0 Å². The van der Waals surface area contributed by atoms with Crippen molar-refractivity contribution in [2.75, 3.05) is 0 Å². The molecule has 1 unspecified atom stereocenters. The second-order valence-corrected chi connectivity index (χ2v) is 8.68. The van der Waals surface area contributed by atoms with E-state index in [4.69, 9.17) is 6.11 Å². The SMILES string of the molecule is [2H]c1c(C(C)OCc2c(F)cccc2F)c2cc3nc(cc4ccc(cc5nc(cc1[nH]2)C=C5)[nH]4)C=C3. The van der Waals surface area contributed by atoms with E-state index >= 15 is 0 Å². The lowest BCUT2D eigenvalue weighted by Crippen LogP contribution is -2.03. The molecular formula is C29H22F2N4O. The summed E-state index contributed by atoms with van der Waals surface area (Å²) in [5.41, 5.74) is 6.40. The lowest BCUT2D eigenvalue weighted by Gasteiger charge is -2.13. The molecule has 0 spiro atoms. The van der Waals surface area contributed by atoms with E-state index in [1.54, 1.807) is 13.0 Å². The summed E-state index contributed by atoms with van der Waals surface area (Å²) in [6.07, 6.45) is 6.97. The van der Waals surface area contributed by atoms with Gasteiger partial charge in [-0.25, -0.2) is 18.7 Å². The molecule has 0 fully saturated rings. The summed E-state index contributed by atoms with van der Waals surface area (Å²) >= 11 is 0. The number of H-pyrrole nitrogens is 2. The fourth-order valence-electron chi connectivity index (χ4n) is 4.25. The average Bonchev–Trinajstić information content (AvgIpc) is 3.64. The molecule has 2 N–H and O–H groups in total. The van der Waals surface area contributed by atoms with Crippen molar-refractivity contribution in [1.29, 1.82) is 0 Å². The third-order valence-electron chi connectivity index (χ3n) is 6.06. The van der Waals surface area contributed by atoms with Crippen LogP contribution in [-0.4, -0.2) is 19.9 Å². The van der Waals surface area contributed by atoms with E-state index in [1.165, 1.54) is 18.2 Å². The molecule has 0 aliphatic carbocycles. The highest BCUT2D eigenvalue weighted by atomic mass is 19.1. The number of fused-ring (bicyclic) bond motifs is 8. The Morgan fingerprint density at radius 3 is 1.97 bits per heavy atom. The van der Waals surface area contributed by atoms with Gasteiger partial charge in [0.2, 0.25) is 0 Å². The molecule has 8 bridgehead atoms. The molecule has 3 aromatic heterocycles. The Hall–Kier alpha value is -4.36. The van der Waals surface area contributed by atoms with Gasteiger partial charge in [-0.3, -0.25) is 0 Å². The normalized spacial score (nSPS) is 13.7. The van der Waals surface area contributed by atoms with Gasteiger partial charge in [0.05, 0.1) is 36.9 Å². The van der Waals surface area contributed by atoms with Gasteiger partial charge in [0.25, 0.3) is 0 Å². The Morgan fingerprint density at radius 1 is 0.806 bits per heavy atom. The van der Waals surface area contributed by atoms with Crippen molar-refractivity contribution in [2.45, 2.75) is 19.6 Å². The number of hydrogen-bond donors (Lipinski definition) is 2. The van der Waals surface area contributed by atoms with E-state index in [9.17, 15) is 8.78 Å². The van der Waals surface area contributed by atoms with Gasteiger partial charge in [0, 0.05) is 33.2 Å². The van der Waals surface area contributed by atoms with Crippen LogP contribution in [0.4, 0.5) is 8.78 Å². The minimum atomic E-state index is -0.667. The predicted molar refractivity (Wildman–Crippen MR) is 138 cm³/mol. The highest BCUT2D eigenvalue weighted by molar-refractivity contribution is 5.78. The standard InChI is InChI=1S/C29H22F2N4O/c1-17(36-16-26-27(30)3-2-4-28(26)31)25-14-24-13-22-8-7-20(33-22)11-18-5-6-19(32-18)12-21-9-10-23(34-21)15-29(25)35-24/h2-15,17,32,35H,16H2,1H3/i14D. The molecule has 0 radical (unpaired) electrons. The zero-order chi connectivity index (χ0) is 25.5. The molecule has 2 aliphatic heterocycles. The largest absolute Gasteiger partial charge is 0.369 e. The Balaban J connectivity index is 1.51. The summed E-state index contributed by atoms with van der Waals surface area (Å²) in [5.74, 6) is -1.33. The van der Waals surface area contributed by atoms with Crippen molar-refractivity contribution in [2.24, 2.45) is 0 Å². The summed E-state index contributed by atoms with van der Waals surface area (Å²) in [7, 11) is 0. The number of halogens is 2. The summed E-state index contributed by atoms with van der Waals surface area (Å²) in [6.45, 7) is 1.50. The van der Waals surface area contributed by atoms with Crippen LogP contribution in [0.2, 0.25) is 0 Å². The smallest absolute Gasteiger partial charge is 0.131 e. The Labute approximate surface area is 207 Å². The summed E-state index contributed by atoms with van der Waals surface area (Å²) in [5, 5.41) is 0. The molecule has 4 aromatic rings. The van der Waals surface area contributed by atoms with E-state index in [0.717, 1.165) is 22.4 Å². The number of hydrogen-bond acceptors (Lipinski definition) is 3. The van der Waals surface area contributed by atoms with Gasteiger partial charge in [-0.15, -0.1) is 0 Å². The van der Waals surface area contributed by atoms with E-state index < -0.39 is 17.7 Å². The molecule has 5 nitrogen and oxygen atoms in total. The first-order valence-electron chi connectivity index (χ1n) is 12.1. The molecule has 1 atom stereocenters. The first-order chi connectivity index (χ1) is 17.9. The predicted octanol–water partition coefficient (Wildman–Crippen LogP) is 7.21. The molecule has 5 heterocycles. The Kier molecular flexibility index (Phi) is 5.25. The van der Waals surface area contributed by atoms with Gasteiger partial charge in [-0.05, 0) is 85.8 Å². The van der Waals surface area contributed by atoms with E-state index in [0.29, 0.717) is 28.0 Å². The molecule has 0 amide bonds. The van der Waals surface area contributed by atoms with Crippen LogP contribution in [0.15, 0.2) is 60.6 Å². The molecule has 0 saturated heterocycles. The molecule has 0 saturated carbocycles. The monoisotopic (exact) mass is 481 g/mol. The van der Waals surface area contributed by atoms with Gasteiger partial charge in [-0.1, -0.05) is 6.07 Å². The van der Waals surface area contributed by atoms with Crippen molar-refractivity contribution in [3.63, 3.8) is 0 Å². The number of nitrogens with zero attached hydrogens (tertiary/aromatic N) is 2. The van der Waals surface area contributed by atoms with Crippen LogP contribution < -0.4 is 0 Å².